The van der Waals surface area contributed by atoms with Gasteiger partial charge < -0.3 is 15.2 Å². The van der Waals surface area contributed by atoms with Crippen LogP contribution in [0.25, 0.3) is 0 Å². The molecule has 4 nitrogen and oxygen atoms in total. The summed E-state index contributed by atoms with van der Waals surface area (Å²) >= 11 is 0. The van der Waals surface area contributed by atoms with Gasteiger partial charge in [0.2, 0.25) is 0 Å². The zero-order valence-corrected chi connectivity index (χ0v) is 10.0. The molecule has 88 valence electrons. The van der Waals surface area contributed by atoms with Crippen molar-refractivity contribution in [3.8, 4) is 11.5 Å². The van der Waals surface area contributed by atoms with E-state index in [-0.39, 0.29) is 0 Å². The van der Waals surface area contributed by atoms with E-state index in [1.54, 1.807) is 12.1 Å². The van der Waals surface area contributed by atoms with Gasteiger partial charge in [-0.1, -0.05) is 6.07 Å². The second-order valence-corrected chi connectivity index (χ2v) is 4.11. The van der Waals surface area contributed by atoms with Gasteiger partial charge in [-0.15, -0.1) is 0 Å². The maximum Gasteiger partial charge on any atom is 0.171 e. The first kappa shape index (κ1) is 12.5. The summed E-state index contributed by atoms with van der Waals surface area (Å²) in [6.45, 7) is 3.73. The van der Waals surface area contributed by atoms with Crippen molar-refractivity contribution in [3.63, 3.8) is 0 Å². The molecule has 1 aromatic rings. The normalized spacial score (nSPS) is 11.1. The molecule has 0 saturated heterocycles. The van der Waals surface area contributed by atoms with Crippen LogP contribution in [-0.4, -0.2) is 20.5 Å². The quantitative estimate of drug-likeness (QED) is 0.789. The largest absolute Gasteiger partial charge is 0.492 e. The topological polar surface area (TPSA) is 61.5 Å². The molecule has 1 aromatic carbocycles. The van der Waals surface area contributed by atoms with E-state index in [2.05, 4.69) is 0 Å². The summed E-state index contributed by atoms with van der Waals surface area (Å²) in [6.07, 6.45) is 0.731. The van der Waals surface area contributed by atoms with Crippen molar-refractivity contribution in [1.29, 1.82) is 0 Å². The van der Waals surface area contributed by atoms with Crippen LogP contribution in [0.2, 0.25) is 0 Å². The lowest BCUT2D eigenvalue weighted by Gasteiger charge is -2.24. The third-order valence-corrected chi connectivity index (χ3v) is 2.37. The number of carbonyl (C=O) groups excluding carboxylic acids is 1. The lowest BCUT2D eigenvalue weighted by Crippen LogP contribution is -2.29. The first-order valence-corrected chi connectivity index (χ1v) is 4.95. The fourth-order valence-corrected chi connectivity index (χ4v) is 1.59. The summed E-state index contributed by atoms with van der Waals surface area (Å²) < 4.78 is 10.5. The second-order valence-electron chi connectivity index (χ2n) is 4.11. The van der Waals surface area contributed by atoms with Crippen molar-refractivity contribution < 1.29 is 14.3 Å². The van der Waals surface area contributed by atoms with Crippen molar-refractivity contribution in [2.24, 2.45) is 5.73 Å². The molecule has 0 radical (unpaired) electrons. The van der Waals surface area contributed by atoms with Crippen molar-refractivity contribution in [3.05, 3.63) is 23.3 Å². The van der Waals surface area contributed by atoms with E-state index in [1.807, 2.05) is 13.8 Å². The molecule has 0 aliphatic carbocycles. The molecule has 0 unspecified atom stereocenters. The Morgan fingerprint density at radius 1 is 1.19 bits per heavy atom. The van der Waals surface area contributed by atoms with Crippen molar-refractivity contribution in [2.45, 2.75) is 19.4 Å². The van der Waals surface area contributed by atoms with Crippen LogP contribution in [0.4, 0.5) is 0 Å². The minimum Gasteiger partial charge on any atom is -0.492 e. The molecule has 0 fully saturated rings. The minimum atomic E-state index is -0.556. The summed E-state index contributed by atoms with van der Waals surface area (Å²) in [6, 6.07) is 3.46. The molecular formula is C12H17NO3. The molecule has 0 saturated carbocycles. The summed E-state index contributed by atoms with van der Waals surface area (Å²) in [5, 5.41) is 0. The van der Waals surface area contributed by atoms with Crippen molar-refractivity contribution in [2.75, 3.05) is 14.2 Å². The van der Waals surface area contributed by atoms with Crippen LogP contribution in [0.1, 0.15) is 29.8 Å². The fraction of sp³-hybridized carbons (Fsp3) is 0.417. The van der Waals surface area contributed by atoms with Gasteiger partial charge in [0.1, 0.15) is 0 Å². The van der Waals surface area contributed by atoms with E-state index in [9.17, 15) is 4.79 Å². The predicted octanol–water partition coefficient (Wildman–Crippen LogP) is 1.71. The number of hydrogen-bond acceptors (Lipinski definition) is 4. The highest BCUT2D eigenvalue weighted by atomic mass is 16.5. The number of hydrogen-bond donors (Lipinski definition) is 1. The van der Waals surface area contributed by atoms with Crippen molar-refractivity contribution in [1.82, 2.24) is 0 Å². The molecule has 0 spiro atoms. The minimum absolute atomic E-state index is 0.425. The maximum absolute atomic E-state index is 10.8. The maximum atomic E-state index is 10.8. The standard InChI is InChI=1S/C12H17NO3/c1-12(2,13)9-6-5-8(7-14)10(15-3)11(9)16-4/h5-7H,13H2,1-4H3. The second kappa shape index (κ2) is 4.53. The Morgan fingerprint density at radius 3 is 2.12 bits per heavy atom. The molecule has 0 aromatic heterocycles. The van der Waals surface area contributed by atoms with Crippen LogP contribution in [0.15, 0.2) is 12.1 Å². The Labute approximate surface area is 95.3 Å². The van der Waals surface area contributed by atoms with E-state index in [0.717, 1.165) is 11.8 Å². The van der Waals surface area contributed by atoms with E-state index < -0.39 is 5.54 Å². The zero-order chi connectivity index (χ0) is 12.3. The highest BCUT2D eigenvalue weighted by Gasteiger charge is 2.23. The van der Waals surface area contributed by atoms with Crippen LogP contribution >= 0.6 is 0 Å². The Morgan fingerprint density at radius 2 is 1.75 bits per heavy atom. The highest BCUT2D eigenvalue weighted by molar-refractivity contribution is 5.82. The molecular weight excluding hydrogens is 206 g/mol. The Hall–Kier alpha value is -1.55. The van der Waals surface area contributed by atoms with Crippen molar-refractivity contribution >= 4 is 6.29 Å². The fourth-order valence-electron chi connectivity index (χ4n) is 1.59. The Kier molecular flexibility index (Phi) is 3.55. The van der Waals surface area contributed by atoms with Gasteiger partial charge >= 0.3 is 0 Å². The lowest BCUT2D eigenvalue weighted by atomic mass is 9.93. The average Bonchev–Trinajstić information content (AvgIpc) is 2.25. The van der Waals surface area contributed by atoms with Gasteiger partial charge in [0.25, 0.3) is 0 Å². The van der Waals surface area contributed by atoms with E-state index in [4.69, 9.17) is 15.2 Å². The Balaban J connectivity index is 3.49. The molecule has 0 aliphatic heterocycles. The van der Waals surface area contributed by atoms with Gasteiger partial charge in [-0.3, -0.25) is 4.79 Å². The third-order valence-electron chi connectivity index (χ3n) is 2.37. The number of ether oxygens (including phenoxy) is 2. The molecule has 0 atom stereocenters. The Bertz CT molecular complexity index is 394. The highest BCUT2D eigenvalue weighted by Crippen LogP contribution is 2.38. The van der Waals surface area contributed by atoms with E-state index >= 15 is 0 Å². The molecule has 16 heavy (non-hydrogen) atoms. The number of carbonyl (C=O) groups is 1. The monoisotopic (exact) mass is 223 g/mol. The lowest BCUT2D eigenvalue weighted by molar-refractivity contribution is 0.112. The molecule has 4 heteroatoms. The zero-order valence-electron chi connectivity index (χ0n) is 10.0. The number of rotatable bonds is 4. The smallest absolute Gasteiger partial charge is 0.171 e. The van der Waals surface area contributed by atoms with Gasteiger partial charge in [-0.25, -0.2) is 0 Å². The SMILES string of the molecule is COc1c(C=O)ccc(C(C)(C)N)c1OC. The first-order valence-electron chi connectivity index (χ1n) is 4.95. The average molecular weight is 223 g/mol. The van der Waals surface area contributed by atoms with Gasteiger partial charge in [0.15, 0.2) is 17.8 Å². The van der Waals surface area contributed by atoms with Gasteiger partial charge in [-0.2, -0.15) is 0 Å². The van der Waals surface area contributed by atoms with Crippen LogP contribution in [0, 0.1) is 0 Å². The van der Waals surface area contributed by atoms with Crippen LogP contribution in [0.3, 0.4) is 0 Å². The van der Waals surface area contributed by atoms with E-state index in [0.29, 0.717) is 17.1 Å². The van der Waals surface area contributed by atoms with Crippen LogP contribution < -0.4 is 15.2 Å². The van der Waals surface area contributed by atoms with Crippen LogP contribution in [0.5, 0.6) is 11.5 Å². The molecule has 0 aliphatic rings. The molecule has 0 heterocycles. The first-order chi connectivity index (χ1) is 7.45. The number of nitrogens with two attached hydrogens (primary N) is 1. The number of benzene rings is 1. The van der Waals surface area contributed by atoms with Gasteiger partial charge in [0.05, 0.1) is 19.8 Å². The number of methoxy groups -OCH3 is 2. The molecule has 2 N–H and O–H groups in total. The van der Waals surface area contributed by atoms with Gasteiger partial charge in [-0.05, 0) is 19.9 Å². The summed E-state index contributed by atoms with van der Waals surface area (Å²) in [7, 11) is 3.03. The summed E-state index contributed by atoms with van der Waals surface area (Å²) in [5.74, 6) is 0.938. The molecule has 0 bridgehead atoms. The molecule has 1 rings (SSSR count). The third kappa shape index (κ3) is 2.17. The number of aldehydes is 1. The summed E-state index contributed by atoms with van der Waals surface area (Å²) in [4.78, 5) is 10.8. The van der Waals surface area contributed by atoms with E-state index in [1.165, 1.54) is 14.2 Å². The predicted molar refractivity (Wildman–Crippen MR) is 62.1 cm³/mol. The van der Waals surface area contributed by atoms with Gasteiger partial charge in [0, 0.05) is 11.1 Å². The molecule has 0 amide bonds. The summed E-state index contributed by atoms with van der Waals surface area (Å²) in [5.41, 5.74) is 6.72. The van der Waals surface area contributed by atoms with Crippen LogP contribution in [-0.2, 0) is 5.54 Å².